The minimum atomic E-state index is 0.706. The zero-order valence-electron chi connectivity index (χ0n) is 4.50. The summed E-state index contributed by atoms with van der Waals surface area (Å²) in [5.41, 5.74) is 0. The van der Waals surface area contributed by atoms with Crippen LogP contribution in [0.4, 0.5) is 0 Å². The lowest BCUT2D eigenvalue weighted by Gasteiger charge is -1.94. The molecule has 0 saturated heterocycles. The average Bonchev–Trinajstić information content (AvgIpc) is 1.98. The molecule has 0 N–H and O–H groups in total. The van der Waals surface area contributed by atoms with Crippen molar-refractivity contribution >= 4 is 50.5 Å². The van der Waals surface area contributed by atoms with Gasteiger partial charge in [0, 0.05) is 0 Å². The molecule has 9 heavy (non-hydrogen) atoms. The molecule has 0 atom stereocenters. The van der Waals surface area contributed by atoms with Gasteiger partial charge in [0.25, 0.3) is 0 Å². The number of hydrogen-bond acceptors (Lipinski definition) is 0. The van der Waals surface area contributed by atoms with Crippen LogP contribution in [0.2, 0.25) is 0 Å². The monoisotopic (exact) mass is 188 g/mol. The Bertz CT molecular complexity index is 179. The Morgan fingerprint density at radius 3 is 1.22 bits per heavy atom. The lowest BCUT2D eigenvalue weighted by Crippen LogP contribution is -1.95. The fraction of sp³-hybridized carbons (Fsp3) is 0. The molecule has 14 radical (unpaired) electrons. The first-order valence-electron chi connectivity index (χ1n) is 2.25. The van der Waals surface area contributed by atoms with Gasteiger partial charge in [-0.15, -0.1) is 0 Å². The summed E-state index contributed by atoms with van der Waals surface area (Å²) in [5.74, 6) is 0. The predicted octanol–water partition coefficient (Wildman–Crippen LogP) is -1.28. The third kappa shape index (κ3) is 1.35. The smallest absolute Gasteiger partial charge is 0.0975 e. The molecule has 0 aromatic carbocycles. The van der Waals surface area contributed by atoms with Gasteiger partial charge < -0.3 is 0 Å². The van der Waals surface area contributed by atoms with Crippen LogP contribution in [-0.4, -0.2) is 50.5 Å². The van der Waals surface area contributed by atoms with Crippen molar-refractivity contribution in [2.45, 2.75) is 0 Å². The van der Waals surface area contributed by atoms with Crippen LogP contribution >= 0.6 is 0 Å². The van der Waals surface area contributed by atoms with Gasteiger partial charge in [0.1, 0.15) is 0 Å². The first-order valence-corrected chi connectivity index (χ1v) is 5.25. The number of hydrogen-bond donors (Lipinski definition) is 0. The van der Waals surface area contributed by atoms with E-state index in [2.05, 4.69) is 41.0 Å². The fourth-order valence-electron chi connectivity index (χ4n) is 0.500. The standard InChI is InChI=1S/C4Si5/c5-1-2(6)4(8)9-3(1)7. The SMILES string of the molecule is [Si]C1=C([Si])C([Si])=C([Si])[Si]1. The summed E-state index contributed by atoms with van der Waals surface area (Å²) in [6.07, 6.45) is 0. The first kappa shape index (κ1) is 7.67. The third-order valence-corrected chi connectivity index (χ3v) is 5.50. The van der Waals surface area contributed by atoms with Crippen molar-refractivity contribution in [3.63, 3.8) is 0 Å². The van der Waals surface area contributed by atoms with Gasteiger partial charge in [-0.05, 0) is 0 Å². The second kappa shape index (κ2) is 2.66. The molecule has 0 aromatic heterocycles. The van der Waals surface area contributed by atoms with Crippen LogP contribution in [0, 0.1) is 0 Å². The van der Waals surface area contributed by atoms with Gasteiger partial charge in [-0.1, -0.05) is 20.0 Å². The van der Waals surface area contributed by atoms with E-state index in [0.29, 0.717) is 9.52 Å². The van der Waals surface area contributed by atoms with Crippen LogP contribution in [-0.2, 0) is 0 Å². The Hall–Kier alpha value is 0.564. The molecular formula is C4Si5. The summed E-state index contributed by atoms with van der Waals surface area (Å²) in [6.45, 7) is 0. The molecule has 1 rings (SSSR count). The van der Waals surface area contributed by atoms with Crippen LogP contribution in [0.1, 0.15) is 0 Å². The molecule has 1 aliphatic heterocycles. The molecule has 5 heteroatoms. The Morgan fingerprint density at radius 2 is 1.11 bits per heavy atom. The van der Waals surface area contributed by atoms with Gasteiger partial charge in [-0.3, -0.25) is 0 Å². The zero-order chi connectivity index (χ0) is 7.02. The van der Waals surface area contributed by atoms with Gasteiger partial charge in [0.15, 0.2) is 0 Å². The number of allylic oxidation sites excluding steroid dienone is 2. The molecule has 1 heterocycles. The largest absolute Gasteiger partial charge is 0.0984 e. The third-order valence-electron chi connectivity index (χ3n) is 1.00. The molecule has 0 bridgehead atoms. The van der Waals surface area contributed by atoms with E-state index >= 15 is 0 Å². The molecule has 1 aliphatic rings. The van der Waals surface area contributed by atoms with Crippen LogP contribution in [0.5, 0.6) is 0 Å². The van der Waals surface area contributed by atoms with E-state index in [9.17, 15) is 0 Å². The molecule has 36 valence electrons. The average molecular weight is 188 g/mol. The van der Waals surface area contributed by atoms with E-state index in [4.69, 9.17) is 0 Å². The van der Waals surface area contributed by atoms with Gasteiger partial charge in [0.05, 0.1) is 50.5 Å². The van der Waals surface area contributed by atoms with E-state index in [0.717, 1.165) is 10.4 Å². The van der Waals surface area contributed by atoms with E-state index in [-0.39, 0.29) is 0 Å². The quantitative estimate of drug-likeness (QED) is 0.415. The van der Waals surface area contributed by atoms with Gasteiger partial charge in [-0.25, -0.2) is 0 Å². The second-order valence-corrected chi connectivity index (χ2v) is 5.88. The van der Waals surface area contributed by atoms with Crippen molar-refractivity contribution in [2.75, 3.05) is 0 Å². The van der Waals surface area contributed by atoms with Crippen molar-refractivity contribution in [3.8, 4) is 0 Å². The molecule has 0 saturated carbocycles. The Balaban J connectivity index is 2.97. The highest BCUT2D eigenvalue weighted by molar-refractivity contribution is 6.79. The summed E-state index contributed by atoms with van der Waals surface area (Å²) in [7, 11) is 14.6. The summed E-state index contributed by atoms with van der Waals surface area (Å²) >= 11 is 0. The van der Waals surface area contributed by atoms with Crippen molar-refractivity contribution in [2.24, 2.45) is 0 Å². The zero-order valence-corrected chi connectivity index (χ0v) is 9.50. The van der Waals surface area contributed by atoms with Gasteiger partial charge in [-0.2, -0.15) is 0 Å². The minimum Gasteiger partial charge on any atom is -0.0984 e. The van der Waals surface area contributed by atoms with E-state index in [1.54, 1.807) is 0 Å². The van der Waals surface area contributed by atoms with E-state index in [1.807, 2.05) is 0 Å². The Kier molecular flexibility index (Phi) is 2.27. The van der Waals surface area contributed by atoms with Gasteiger partial charge in [0.2, 0.25) is 0 Å². The van der Waals surface area contributed by atoms with Crippen molar-refractivity contribution in [3.05, 3.63) is 20.0 Å². The summed E-state index contributed by atoms with van der Waals surface area (Å²) in [5, 5.41) is 2.21. The normalized spacial score (nSPS) is 20.0. The van der Waals surface area contributed by atoms with Gasteiger partial charge >= 0.3 is 0 Å². The van der Waals surface area contributed by atoms with Crippen molar-refractivity contribution in [1.82, 2.24) is 0 Å². The minimum absolute atomic E-state index is 0.706. The van der Waals surface area contributed by atoms with E-state index < -0.39 is 0 Å². The lowest BCUT2D eigenvalue weighted by atomic mass is 10.6. The van der Waals surface area contributed by atoms with Crippen LogP contribution in [0.25, 0.3) is 0 Å². The molecular weight excluding hydrogens is 188 g/mol. The highest BCUT2D eigenvalue weighted by atomic mass is 28.3. The van der Waals surface area contributed by atoms with Crippen molar-refractivity contribution < 1.29 is 0 Å². The molecule has 0 unspecified atom stereocenters. The van der Waals surface area contributed by atoms with E-state index in [1.165, 1.54) is 9.64 Å². The lowest BCUT2D eigenvalue weighted by molar-refractivity contribution is 1.89. The van der Waals surface area contributed by atoms with Crippen LogP contribution in [0.3, 0.4) is 0 Å². The topological polar surface area (TPSA) is 0 Å². The highest BCUT2D eigenvalue weighted by Crippen LogP contribution is 2.16. The predicted molar refractivity (Wildman–Crippen MR) is 42.8 cm³/mol. The molecule has 0 amide bonds. The summed E-state index contributed by atoms with van der Waals surface area (Å²) in [6, 6.07) is 0. The molecule has 0 aromatic rings. The van der Waals surface area contributed by atoms with Crippen LogP contribution in [0.15, 0.2) is 20.0 Å². The fourth-order valence-corrected chi connectivity index (χ4v) is 3.75. The van der Waals surface area contributed by atoms with Crippen LogP contribution < -0.4 is 0 Å². The Labute approximate surface area is 70.7 Å². The maximum absolute atomic E-state index is 3.47. The maximum Gasteiger partial charge on any atom is 0.0975 e. The molecule has 0 spiro atoms. The summed E-state index contributed by atoms with van der Waals surface area (Å²) < 4.78 is 0. The van der Waals surface area contributed by atoms with Crippen molar-refractivity contribution in [1.29, 1.82) is 0 Å². The highest BCUT2D eigenvalue weighted by Gasteiger charge is 2.11. The maximum atomic E-state index is 3.47. The summed E-state index contributed by atoms with van der Waals surface area (Å²) in [4.78, 5) is 2.39. The molecule has 0 aliphatic carbocycles. The molecule has 0 nitrogen and oxygen atoms in total. The molecule has 0 fully saturated rings. The Morgan fingerprint density at radius 1 is 0.778 bits per heavy atom. The first-order chi connectivity index (χ1) is 4.13. The second-order valence-electron chi connectivity index (χ2n) is 1.62. The number of rotatable bonds is 0.